The van der Waals surface area contributed by atoms with Gasteiger partial charge in [0.05, 0.1) is 24.1 Å². The summed E-state index contributed by atoms with van der Waals surface area (Å²) in [5.74, 6) is 0.402. The Morgan fingerprint density at radius 2 is 1.73 bits per heavy atom. The molecular formula is C31H35ClN4O5. The van der Waals surface area contributed by atoms with Crippen LogP contribution in [0.3, 0.4) is 0 Å². The molecule has 1 fully saturated rings. The van der Waals surface area contributed by atoms with Crippen molar-refractivity contribution in [3.05, 3.63) is 85.6 Å². The normalized spacial score (nSPS) is 16.1. The Kier molecular flexibility index (Phi) is 8.35. The summed E-state index contributed by atoms with van der Waals surface area (Å²) in [7, 11) is 1.51. The van der Waals surface area contributed by atoms with Gasteiger partial charge < -0.3 is 14.5 Å². The number of ether oxygens (including phenoxy) is 1. The molecule has 0 unspecified atom stereocenters. The molecular weight excluding hydrogens is 544 g/mol. The van der Waals surface area contributed by atoms with Crippen molar-refractivity contribution in [2.45, 2.75) is 58.2 Å². The Morgan fingerprint density at radius 3 is 2.39 bits per heavy atom. The van der Waals surface area contributed by atoms with Gasteiger partial charge in [-0.25, -0.2) is 4.79 Å². The molecule has 1 aromatic heterocycles. The lowest BCUT2D eigenvalue weighted by molar-refractivity contribution is -0.136. The van der Waals surface area contributed by atoms with Gasteiger partial charge >= 0.3 is 5.69 Å². The predicted molar refractivity (Wildman–Crippen MR) is 158 cm³/mol. The van der Waals surface area contributed by atoms with E-state index >= 15 is 0 Å². The number of halogens is 1. The first-order valence-electron chi connectivity index (χ1n) is 14.0. The number of aromatic nitrogens is 2. The first-order valence-corrected chi connectivity index (χ1v) is 14.4. The SMILES string of the molecule is COc1ccc(-c2cn(CC(=O)N3CCC(N4CCc5ccccc5CC4=O)CC3)c(=O)n(C(C)C)c2=O)cc1Cl. The minimum absolute atomic E-state index is 0.0813. The quantitative estimate of drug-likeness (QED) is 0.446. The number of hydrogen-bond donors (Lipinski definition) is 0. The van der Waals surface area contributed by atoms with Crippen molar-refractivity contribution < 1.29 is 14.3 Å². The molecule has 2 amide bonds. The molecule has 0 spiro atoms. The molecule has 41 heavy (non-hydrogen) atoms. The molecule has 0 bridgehead atoms. The van der Waals surface area contributed by atoms with Gasteiger partial charge in [0.1, 0.15) is 12.3 Å². The Morgan fingerprint density at radius 1 is 1.02 bits per heavy atom. The first-order chi connectivity index (χ1) is 19.7. The third kappa shape index (κ3) is 5.81. The van der Waals surface area contributed by atoms with Crippen LogP contribution in [0.25, 0.3) is 11.1 Å². The standard InChI is InChI=1S/C31H35ClN4O5/c1-20(2)36-30(39)25(23-8-9-27(41-3)26(32)16-23)18-34(31(36)40)19-29(38)33-13-11-24(12-14-33)35-15-10-21-6-4-5-7-22(21)17-28(35)37/h4-9,16,18,20,24H,10-15,17,19H2,1-3H3. The third-order valence-corrected chi connectivity index (χ3v) is 8.43. The fourth-order valence-electron chi connectivity index (χ4n) is 5.88. The average molecular weight is 579 g/mol. The van der Waals surface area contributed by atoms with E-state index in [4.69, 9.17) is 16.3 Å². The van der Waals surface area contributed by atoms with Crippen LogP contribution >= 0.6 is 11.6 Å². The van der Waals surface area contributed by atoms with Gasteiger partial charge in [0.2, 0.25) is 11.8 Å². The van der Waals surface area contributed by atoms with Crippen LogP contribution in [0.15, 0.2) is 58.3 Å². The summed E-state index contributed by atoms with van der Waals surface area (Å²) < 4.78 is 7.69. The van der Waals surface area contributed by atoms with Crippen molar-refractivity contribution >= 4 is 23.4 Å². The molecule has 2 aliphatic heterocycles. The Bertz CT molecular complexity index is 1590. The maximum absolute atomic E-state index is 13.4. The van der Waals surface area contributed by atoms with Crippen LogP contribution in [0.4, 0.5) is 0 Å². The molecule has 0 N–H and O–H groups in total. The van der Waals surface area contributed by atoms with E-state index in [2.05, 4.69) is 6.07 Å². The number of amides is 2. The van der Waals surface area contributed by atoms with Crippen molar-refractivity contribution in [3.63, 3.8) is 0 Å². The summed E-state index contributed by atoms with van der Waals surface area (Å²) >= 11 is 6.31. The van der Waals surface area contributed by atoms with Crippen molar-refractivity contribution in [1.29, 1.82) is 0 Å². The summed E-state index contributed by atoms with van der Waals surface area (Å²) in [6, 6.07) is 12.8. The van der Waals surface area contributed by atoms with Crippen LogP contribution in [0, 0.1) is 0 Å². The molecule has 0 saturated carbocycles. The number of nitrogens with zero attached hydrogens (tertiary/aromatic N) is 4. The zero-order valence-electron chi connectivity index (χ0n) is 23.6. The summed E-state index contributed by atoms with van der Waals surface area (Å²) in [4.78, 5) is 56.7. The van der Waals surface area contributed by atoms with Gasteiger partial charge in [0.25, 0.3) is 5.56 Å². The molecule has 5 rings (SSSR count). The number of benzene rings is 2. The largest absolute Gasteiger partial charge is 0.495 e. The Balaban J connectivity index is 1.31. The number of piperidine rings is 1. The minimum Gasteiger partial charge on any atom is -0.495 e. The fourth-order valence-corrected chi connectivity index (χ4v) is 6.14. The van der Waals surface area contributed by atoms with Crippen LogP contribution in [0.2, 0.25) is 5.02 Å². The molecule has 216 valence electrons. The molecule has 9 nitrogen and oxygen atoms in total. The summed E-state index contributed by atoms with van der Waals surface area (Å²) in [6.07, 6.45) is 4.05. The second-order valence-corrected chi connectivity index (χ2v) is 11.4. The summed E-state index contributed by atoms with van der Waals surface area (Å²) in [6.45, 7) is 5.00. The van der Waals surface area contributed by atoms with E-state index in [1.807, 2.05) is 23.1 Å². The number of rotatable bonds is 6. The van der Waals surface area contributed by atoms with Gasteiger partial charge in [-0.2, -0.15) is 0 Å². The maximum atomic E-state index is 13.4. The van der Waals surface area contributed by atoms with E-state index in [-0.39, 0.29) is 30.0 Å². The summed E-state index contributed by atoms with van der Waals surface area (Å²) in [5.41, 5.74) is 2.14. The number of fused-ring (bicyclic) bond motifs is 1. The van der Waals surface area contributed by atoms with E-state index in [0.29, 0.717) is 55.2 Å². The fraction of sp³-hybridized carbons (Fsp3) is 0.419. The maximum Gasteiger partial charge on any atom is 0.331 e. The van der Waals surface area contributed by atoms with Crippen molar-refractivity contribution in [1.82, 2.24) is 18.9 Å². The van der Waals surface area contributed by atoms with Gasteiger partial charge in [-0.3, -0.25) is 23.5 Å². The lowest BCUT2D eigenvalue weighted by Gasteiger charge is -2.38. The number of methoxy groups -OCH3 is 1. The second-order valence-electron chi connectivity index (χ2n) is 11.0. The molecule has 0 radical (unpaired) electrons. The van der Waals surface area contributed by atoms with E-state index in [1.54, 1.807) is 36.9 Å². The van der Waals surface area contributed by atoms with Gasteiger partial charge in [-0.1, -0.05) is 41.9 Å². The second kappa shape index (κ2) is 11.9. The van der Waals surface area contributed by atoms with Gasteiger partial charge in [0.15, 0.2) is 0 Å². The van der Waals surface area contributed by atoms with E-state index < -0.39 is 17.3 Å². The van der Waals surface area contributed by atoms with Crippen LogP contribution in [0.1, 0.15) is 43.9 Å². The molecule has 10 heteroatoms. The van der Waals surface area contributed by atoms with Crippen molar-refractivity contribution in [3.8, 4) is 16.9 Å². The highest BCUT2D eigenvalue weighted by atomic mass is 35.5. The zero-order valence-corrected chi connectivity index (χ0v) is 24.4. The predicted octanol–water partition coefficient (Wildman–Crippen LogP) is 3.54. The molecule has 3 heterocycles. The Hall–Kier alpha value is -3.85. The number of hydrogen-bond acceptors (Lipinski definition) is 5. The van der Waals surface area contributed by atoms with Gasteiger partial charge in [-0.15, -0.1) is 0 Å². The number of carbonyl (C=O) groups is 2. The highest BCUT2D eigenvalue weighted by molar-refractivity contribution is 6.32. The minimum atomic E-state index is -0.536. The number of carbonyl (C=O) groups excluding carboxylic acids is 2. The van der Waals surface area contributed by atoms with Gasteiger partial charge in [0, 0.05) is 37.9 Å². The lowest BCUT2D eigenvalue weighted by atomic mass is 10.0. The summed E-state index contributed by atoms with van der Waals surface area (Å²) in [5, 5.41) is 0.337. The topological polar surface area (TPSA) is 93.8 Å². The molecule has 3 aromatic rings. The van der Waals surface area contributed by atoms with E-state index in [1.165, 1.54) is 23.4 Å². The lowest BCUT2D eigenvalue weighted by Crippen LogP contribution is -2.50. The van der Waals surface area contributed by atoms with Crippen LogP contribution in [-0.2, 0) is 29.0 Å². The van der Waals surface area contributed by atoms with Crippen LogP contribution in [-0.4, -0.2) is 63.5 Å². The molecule has 0 atom stereocenters. The highest BCUT2D eigenvalue weighted by Gasteiger charge is 2.31. The number of likely N-dealkylation sites (tertiary alicyclic amines) is 1. The van der Waals surface area contributed by atoms with Crippen LogP contribution < -0.4 is 16.0 Å². The molecule has 1 saturated heterocycles. The Labute approximate surface area is 243 Å². The van der Waals surface area contributed by atoms with Crippen molar-refractivity contribution in [2.75, 3.05) is 26.7 Å². The van der Waals surface area contributed by atoms with E-state index in [9.17, 15) is 19.2 Å². The first kappa shape index (κ1) is 28.7. The monoisotopic (exact) mass is 578 g/mol. The van der Waals surface area contributed by atoms with Crippen LogP contribution in [0.5, 0.6) is 5.75 Å². The molecule has 2 aliphatic rings. The third-order valence-electron chi connectivity index (χ3n) is 8.13. The average Bonchev–Trinajstić information content (AvgIpc) is 3.12. The molecule has 0 aliphatic carbocycles. The van der Waals surface area contributed by atoms with Crippen molar-refractivity contribution in [2.24, 2.45) is 0 Å². The molecule has 2 aromatic carbocycles. The smallest absolute Gasteiger partial charge is 0.331 e. The zero-order chi connectivity index (χ0) is 29.3. The van der Waals surface area contributed by atoms with Gasteiger partial charge in [-0.05, 0) is 61.9 Å². The highest BCUT2D eigenvalue weighted by Crippen LogP contribution is 2.29. The van der Waals surface area contributed by atoms with E-state index in [0.717, 1.165) is 16.6 Å².